The third kappa shape index (κ3) is 6.29. The van der Waals surface area contributed by atoms with Crippen LogP contribution in [0.5, 0.6) is 5.75 Å². The van der Waals surface area contributed by atoms with Crippen molar-refractivity contribution >= 4 is 27.6 Å². The summed E-state index contributed by atoms with van der Waals surface area (Å²) in [7, 11) is -2.59. The van der Waals surface area contributed by atoms with E-state index in [1.807, 2.05) is 0 Å². The number of benzene rings is 3. The lowest BCUT2D eigenvalue weighted by molar-refractivity contribution is 0.0680. The number of amides is 1. The first-order valence-corrected chi connectivity index (χ1v) is 11.4. The average Bonchev–Trinajstić information content (AvgIpc) is 2.77. The monoisotopic (exact) mass is 477 g/mol. The molecule has 0 bridgehead atoms. The highest BCUT2D eigenvalue weighted by Gasteiger charge is 2.19. The average molecular weight is 478 g/mol. The molecule has 3 aromatic rings. The van der Waals surface area contributed by atoms with Crippen LogP contribution in [0, 0.1) is 5.82 Å². The molecule has 3 aromatic carbocycles. The van der Waals surface area contributed by atoms with Crippen molar-refractivity contribution in [2.45, 2.75) is 11.4 Å². The highest BCUT2D eigenvalue weighted by molar-refractivity contribution is 7.87. The maximum Gasteiger partial charge on any atom is 0.339 e. The predicted octanol–water partition coefficient (Wildman–Crippen LogP) is 4.54. The van der Waals surface area contributed by atoms with E-state index in [9.17, 15) is 17.6 Å². The van der Waals surface area contributed by atoms with Crippen molar-refractivity contribution in [1.82, 2.24) is 4.90 Å². The smallest absolute Gasteiger partial charge is 0.339 e. The van der Waals surface area contributed by atoms with Gasteiger partial charge in [0.05, 0.1) is 6.61 Å². The van der Waals surface area contributed by atoms with Crippen molar-refractivity contribution in [2.75, 3.05) is 20.3 Å². The Morgan fingerprint density at radius 1 is 1.03 bits per heavy atom. The predicted molar refractivity (Wildman–Crippen MR) is 119 cm³/mol. The second kappa shape index (κ2) is 10.6. The largest absolute Gasteiger partial charge is 0.383 e. The Balaban J connectivity index is 1.79. The van der Waals surface area contributed by atoms with Crippen LogP contribution in [0.2, 0.25) is 5.02 Å². The Bertz CT molecular complexity index is 1170. The zero-order valence-corrected chi connectivity index (χ0v) is 18.8. The summed E-state index contributed by atoms with van der Waals surface area (Å²) in [4.78, 5) is 14.4. The van der Waals surface area contributed by atoms with Crippen LogP contribution in [0.3, 0.4) is 0 Å². The van der Waals surface area contributed by atoms with Gasteiger partial charge in [0.15, 0.2) is 0 Å². The van der Waals surface area contributed by atoms with E-state index in [-0.39, 0.29) is 23.1 Å². The van der Waals surface area contributed by atoms with E-state index in [1.165, 1.54) is 12.1 Å². The molecule has 0 unspecified atom stereocenters. The topological polar surface area (TPSA) is 72.9 Å². The van der Waals surface area contributed by atoms with Gasteiger partial charge in [-0.1, -0.05) is 23.7 Å². The number of hydrogen-bond donors (Lipinski definition) is 0. The van der Waals surface area contributed by atoms with Crippen LogP contribution in [0.4, 0.5) is 4.39 Å². The van der Waals surface area contributed by atoms with E-state index in [4.69, 9.17) is 20.5 Å². The molecule has 32 heavy (non-hydrogen) atoms. The maximum atomic E-state index is 13.1. The van der Waals surface area contributed by atoms with E-state index in [2.05, 4.69) is 0 Å². The molecule has 168 valence electrons. The molecule has 1 amide bonds. The summed E-state index contributed by atoms with van der Waals surface area (Å²) in [6.07, 6.45) is 0. The number of carbonyl (C=O) groups is 1. The summed E-state index contributed by atoms with van der Waals surface area (Å²) in [6.45, 7) is 0.865. The molecule has 0 radical (unpaired) electrons. The summed E-state index contributed by atoms with van der Waals surface area (Å²) < 4.78 is 48.3. The van der Waals surface area contributed by atoms with Gasteiger partial charge < -0.3 is 13.8 Å². The molecule has 6 nitrogen and oxygen atoms in total. The minimum atomic E-state index is -4.13. The van der Waals surface area contributed by atoms with Gasteiger partial charge >= 0.3 is 10.1 Å². The van der Waals surface area contributed by atoms with Crippen molar-refractivity contribution < 1.29 is 26.5 Å². The molecule has 3 rings (SSSR count). The second-order valence-corrected chi connectivity index (χ2v) is 8.85. The molecule has 0 saturated carbocycles. The third-order valence-electron chi connectivity index (χ3n) is 4.52. The van der Waals surface area contributed by atoms with E-state index in [1.54, 1.807) is 48.4 Å². The Morgan fingerprint density at radius 2 is 1.72 bits per heavy atom. The first-order valence-electron chi connectivity index (χ1n) is 9.61. The van der Waals surface area contributed by atoms with Crippen molar-refractivity contribution in [3.8, 4) is 5.75 Å². The molecule has 0 saturated heterocycles. The Kier molecular flexibility index (Phi) is 7.84. The summed E-state index contributed by atoms with van der Waals surface area (Å²) in [5.74, 6) is -0.686. The highest BCUT2D eigenvalue weighted by Crippen LogP contribution is 2.22. The van der Waals surface area contributed by atoms with Gasteiger partial charge in [0.25, 0.3) is 5.91 Å². The minimum Gasteiger partial charge on any atom is -0.383 e. The molecule has 0 spiro atoms. The van der Waals surface area contributed by atoms with Crippen molar-refractivity contribution in [1.29, 1.82) is 0 Å². The van der Waals surface area contributed by atoms with Crippen LogP contribution in [0.25, 0.3) is 0 Å². The van der Waals surface area contributed by atoms with E-state index in [0.29, 0.717) is 29.3 Å². The zero-order valence-electron chi connectivity index (χ0n) is 17.2. The van der Waals surface area contributed by atoms with Crippen molar-refractivity contribution in [2.24, 2.45) is 0 Å². The fourth-order valence-electron chi connectivity index (χ4n) is 2.92. The van der Waals surface area contributed by atoms with E-state index < -0.39 is 15.9 Å². The molecular formula is C23H21ClFNO5S. The summed E-state index contributed by atoms with van der Waals surface area (Å²) in [6, 6.07) is 17.3. The number of carbonyl (C=O) groups excluding carboxylic acids is 1. The van der Waals surface area contributed by atoms with Crippen LogP contribution < -0.4 is 4.18 Å². The van der Waals surface area contributed by atoms with Gasteiger partial charge in [0, 0.05) is 30.8 Å². The van der Waals surface area contributed by atoms with Gasteiger partial charge in [-0.25, -0.2) is 4.39 Å². The number of rotatable bonds is 9. The highest BCUT2D eigenvalue weighted by atomic mass is 35.5. The molecule has 0 atom stereocenters. The van der Waals surface area contributed by atoms with Gasteiger partial charge in [-0.2, -0.15) is 8.42 Å². The fraction of sp³-hybridized carbons (Fsp3) is 0.174. The van der Waals surface area contributed by atoms with Gasteiger partial charge in [0.1, 0.15) is 16.5 Å². The van der Waals surface area contributed by atoms with E-state index in [0.717, 1.165) is 24.3 Å². The van der Waals surface area contributed by atoms with E-state index >= 15 is 0 Å². The lowest BCUT2D eigenvalue weighted by atomic mass is 10.1. The van der Waals surface area contributed by atoms with Crippen LogP contribution in [-0.4, -0.2) is 39.5 Å². The summed E-state index contributed by atoms with van der Waals surface area (Å²) in [5, 5.41) is 0.525. The Hall–Kier alpha value is -2.94. The molecule has 0 aliphatic heterocycles. The summed E-state index contributed by atoms with van der Waals surface area (Å²) >= 11 is 5.91. The molecule has 0 N–H and O–H groups in total. The Morgan fingerprint density at radius 3 is 2.38 bits per heavy atom. The molecule has 0 aliphatic rings. The van der Waals surface area contributed by atoms with Gasteiger partial charge in [-0.05, 0) is 66.2 Å². The summed E-state index contributed by atoms with van der Waals surface area (Å²) in [5.41, 5.74) is 1.13. The molecule has 0 aromatic heterocycles. The lowest BCUT2D eigenvalue weighted by Gasteiger charge is -2.23. The van der Waals surface area contributed by atoms with Gasteiger partial charge in [0.2, 0.25) is 0 Å². The number of methoxy groups -OCH3 is 1. The molecule has 9 heteroatoms. The second-order valence-electron chi connectivity index (χ2n) is 6.87. The fourth-order valence-corrected chi connectivity index (χ4v) is 3.97. The zero-order chi connectivity index (χ0) is 23.1. The normalized spacial score (nSPS) is 11.2. The van der Waals surface area contributed by atoms with Gasteiger partial charge in [-0.3, -0.25) is 4.79 Å². The number of ether oxygens (including phenoxy) is 1. The third-order valence-corrected chi connectivity index (χ3v) is 6.04. The van der Waals surface area contributed by atoms with Crippen LogP contribution >= 0.6 is 11.6 Å². The van der Waals surface area contributed by atoms with Gasteiger partial charge in [-0.15, -0.1) is 0 Å². The van der Waals surface area contributed by atoms with Crippen LogP contribution in [0.15, 0.2) is 77.7 Å². The Labute approximate surface area is 191 Å². The molecule has 0 heterocycles. The van der Waals surface area contributed by atoms with Crippen LogP contribution in [-0.2, 0) is 21.4 Å². The number of nitrogens with zero attached hydrogens (tertiary/aromatic N) is 1. The minimum absolute atomic E-state index is 0.0810. The maximum absolute atomic E-state index is 13.1. The first-order chi connectivity index (χ1) is 15.3. The van der Waals surface area contributed by atoms with Crippen LogP contribution in [0.1, 0.15) is 15.9 Å². The molecule has 0 aliphatic carbocycles. The lowest BCUT2D eigenvalue weighted by Crippen LogP contribution is -2.33. The number of halogens is 2. The SMILES string of the molecule is COCCN(Cc1cccc(OS(=O)(=O)c2ccc(F)cc2)c1)C(=O)c1ccc(Cl)cc1. The first kappa shape index (κ1) is 23.7. The van der Waals surface area contributed by atoms with Crippen molar-refractivity contribution in [3.63, 3.8) is 0 Å². The molecular weight excluding hydrogens is 457 g/mol. The number of hydrogen-bond acceptors (Lipinski definition) is 5. The van der Waals surface area contributed by atoms with Crippen molar-refractivity contribution in [3.05, 3.63) is 94.8 Å². The quantitative estimate of drug-likeness (QED) is 0.423. The standard InChI is InChI=1S/C23H21ClFNO5S/c1-30-14-13-26(23(27)18-5-7-19(24)8-6-18)16-17-3-2-4-21(15-17)31-32(28,29)22-11-9-20(25)10-12-22/h2-12,15H,13-14,16H2,1H3. The molecule has 0 fully saturated rings.